The average molecular weight is 555 g/mol. The highest BCUT2D eigenvalue weighted by atomic mass is 32.2. The SMILES string of the molecule is CS(=O)(=O)O.Cc1cc(O)c2c(N=Nc3ccc(Nc4nc(C)nc(N(C)CCO)n4)cc3)c(N)ccc2c1. The molecule has 206 valence electrons. The highest BCUT2D eigenvalue weighted by molar-refractivity contribution is 7.85. The molecule has 0 atom stereocenters. The first-order chi connectivity index (χ1) is 18.3. The van der Waals surface area contributed by atoms with Crippen LogP contribution in [0.2, 0.25) is 0 Å². The van der Waals surface area contributed by atoms with Gasteiger partial charge in [0, 0.05) is 19.3 Å². The topological polar surface area (TPSA) is 200 Å². The smallest absolute Gasteiger partial charge is 0.261 e. The molecule has 0 fully saturated rings. The Hall–Kier alpha value is -4.40. The number of nitrogens with zero attached hydrogens (tertiary/aromatic N) is 6. The first kappa shape index (κ1) is 29.2. The zero-order chi connectivity index (χ0) is 28.7. The molecular weight excluding hydrogens is 524 g/mol. The number of benzene rings is 3. The van der Waals surface area contributed by atoms with Gasteiger partial charge in [0.1, 0.15) is 17.3 Å². The second-order valence-corrected chi connectivity index (χ2v) is 10.1. The maximum absolute atomic E-state index is 10.4. The third-order valence-corrected chi connectivity index (χ3v) is 5.15. The molecule has 3 aromatic carbocycles. The fourth-order valence-electron chi connectivity index (χ4n) is 3.49. The third-order valence-electron chi connectivity index (χ3n) is 5.15. The van der Waals surface area contributed by atoms with Crippen molar-refractivity contribution in [3.05, 3.63) is 59.9 Å². The minimum Gasteiger partial charge on any atom is -0.507 e. The third kappa shape index (κ3) is 8.56. The van der Waals surface area contributed by atoms with Crippen molar-refractivity contribution in [1.82, 2.24) is 15.0 Å². The summed E-state index contributed by atoms with van der Waals surface area (Å²) < 4.78 is 25.9. The monoisotopic (exact) mass is 554 g/mol. The van der Waals surface area contributed by atoms with Crippen LogP contribution in [0.15, 0.2) is 58.8 Å². The van der Waals surface area contributed by atoms with E-state index in [2.05, 4.69) is 30.5 Å². The maximum atomic E-state index is 10.4. The molecule has 13 nitrogen and oxygen atoms in total. The van der Waals surface area contributed by atoms with Crippen molar-refractivity contribution in [2.24, 2.45) is 10.2 Å². The molecule has 14 heteroatoms. The first-order valence-corrected chi connectivity index (χ1v) is 13.5. The van der Waals surface area contributed by atoms with Crippen LogP contribution in [0.5, 0.6) is 5.75 Å². The van der Waals surface area contributed by atoms with Crippen LogP contribution >= 0.6 is 0 Å². The van der Waals surface area contributed by atoms with Crippen LogP contribution in [-0.2, 0) is 10.1 Å². The highest BCUT2D eigenvalue weighted by Crippen LogP contribution is 2.39. The number of phenols is 1. The van der Waals surface area contributed by atoms with E-state index >= 15 is 0 Å². The van der Waals surface area contributed by atoms with Crippen LogP contribution in [0.1, 0.15) is 11.4 Å². The Labute approximate surface area is 225 Å². The Kier molecular flexibility index (Phi) is 9.29. The van der Waals surface area contributed by atoms with Crippen LogP contribution in [0.25, 0.3) is 10.8 Å². The molecule has 0 radical (unpaired) electrons. The largest absolute Gasteiger partial charge is 0.507 e. The van der Waals surface area contributed by atoms with Crippen LogP contribution in [-0.4, -0.2) is 64.6 Å². The van der Waals surface area contributed by atoms with Crippen molar-refractivity contribution in [2.45, 2.75) is 13.8 Å². The van der Waals surface area contributed by atoms with Crippen molar-refractivity contribution in [1.29, 1.82) is 0 Å². The van der Waals surface area contributed by atoms with Crippen molar-refractivity contribution < 1.29 is 23.2 Å². The molecule has 39 heavy (non-hydrogen) atoms. The summed E-state index contributed by atoms with van der Waals surface area (Å²) in [5, 5.41) is 32.8. The molecule has 0 aliphatic carbocycles. The Morgan fingerprint density at radius 3 is 2.33 bits per heavy atom. The number of nitrogens with one attached hydrogen (secondary N) is 1. The van der Waals surface area contributed by atoms with Gasteiger partial charge in [-0.2, -0.15) is 28.5 Å². The van der Waals surface area contributed by atoms with Gasteiger partial charge < -0.3 is 26.2 Å². The lowest BCUT2D eigenvalue weighted by atomic mass is 10.0. The summed E-state index contributed by atoms with van der Waals surface area (Å²) in [7, 11) is -1.86. The summed E-state index contributed by atoms with van der Waals surface area (Å²) in [6.45, 7) is 4.12. The Bertz CT molecular complexity index is 1590. The molecule has 0 amide bonds. The van der Waals surface area contributed by atoms with Crippen molar-refractivity contribution in [3.63, 3.8) is 0 Å². The lowest BCUT2D eigenvalue weighted by molar-refractivity contribution is 0.303. The molecular formula is C25H30N8O5S. The van der Waals surface area contributed by atoms with E-state index in [1.807, 2.05) is 31.2 Å². The summed E-state index contributed by atoms with van der Waals surface area (Å²) in [6.07, 6.45) is 0.715. The number of nitrogens with two attached hydrogens (primary N) is 1. The summed E-state index contributed by atoms with van der Waals surface area (Å²) in [6, 6.07) is 14.5. The van der Waals surface area contributed by atoms with E-state index in [1.54, 1.807) is 43.1 Å². The van der Waals surface area contributed by atoms with Crippen molar-refractivity contribution in [2.75, 3.05) is 42.4 Å². The standard InChI is InChI=1S/C24H26N8O2.CH4O3S/c1-14-12-16-4-9-19(25)22(21(16)20(34)13-14)31-30-18-7-5-17(6-8-18)28-23-26-15(2)27-24(29-23)32(3)10-11-33;1-5(2,3)4/h4-9,12-13,33-34H,10-11,25H2,1-3H3,(H,26,27,28,29);1H3,(H,2,3,4). The van der Waals surface area contributed by atoms with E-state index in [4.69, 9.17) is 15.4 Å². The number of likely N-dealkylation sites (N-methyl/N-ethyl adjacent to an activating group) is 1. The number of aromatic hydroxyl groups is 1. The summed E-state index contributed by atoms with van der Waals surface area (Å²) in [5.74, 6) is 1.55. The minimum atomic E-state index is -3.67. The molecule has 4 rings (SSSR count). The molecule has 4 aromatic rings. The quantitative estimate of drug-likeness (QED) is 0.125. The van der Waals surface area contributed by atoms with E-state index in [1.165, 1.54) is 0 Å². The number of aryl methyl sites for hydroxylation is 2. The van der Waals surface area contributed by atoms with Crippen LogP contribution in [0.4, 0.5) is 34.6 Å². The Morgan fingerprint density at radius 2 is 1.69 bits per heavy atom. The van der Waals surface area contributed by atoms with Gasteiger partial charge in [-0.3, -0.25) is 4.55 Å². The average Bonchev–Trinajstić information content (AvgIpc) is 2.83. The number of phenolic OH excluding ortho intramolecular Hbond substituents is 1. The first-order valence-electron chi connectivity index (χ1n) is 11.6. The van der Waals surface area contributed by atoms with Crippen molar-refractivity contribution >= 4 is 55.5 Å². The van der Waals surface area contributed by atoms with Gasteiger partial charge in [0.2, 0.25) is 11.9 Å². The fourth-order valence-corrected chi connectivity index (χ4v) is 3.49. The molecule has 0 spiro atoms. The molecule has 6 N–H and O–H groups in total. The molecule has 0 bridgehead atoms. The van der Waals surface area contributed by atoms with Crippen molar-refractivity contribution in [3.8, 4) is 5.75 Å². The maximum Gasteiger partial charge on any atom is 0.261 e. The number of hydrogen-bond donors (Lipinski definition) is 5. The van der Waals surface area contributed by atoms with E-state index in [0.29, 0.717) is 53.0 Å². The number of rotatable bonds is 7. The molecule has 0 aliphatic rings. The number of anilines is 4. The number of fused-ring (bicyclic) bond motifs is 1. The van der Waals surface area contributed by atoms with Gasteiger partial charge in [0.25, 0.3) is 10.1 Å². The van der Waals surface area contributed by atoms with Crippen LogP contribution in [0.3, 0.4) is 0 Å². The molecule has 1 heterocycles. The van der Waals surface area contributed by atoms with Gasteiger partial charge in [-0.15, -0.1) is 5.11 Å². The number of nitrogen functional groups attached to an aromatic ring is 1. The second-order valence-electron chi connectivity index (χ2n) is 8.64. The molecule has 0 unspecified atom stereocenters. The predicted octanol–water partition coefficient (Wildman–Crippen LogP) is 4.02. The van der Waals surface area contributed by atoms with Crippen LogP contribution in [0, 0.1) is 13.8 Å². The number of hydrogen-bond acceptors (Lipinski definition) is 12. The molecule has 0 saturated carbocycles. The summed E-state index contributed by atoms with van der Waals surface area (Å²) >= 11 is 0. The lowest BCUT2D eigenvalue weighted by Crippen LogP contribution is -2.24. The van der Waals surface area contributed by atoms with Gasteiger partial charge in [-0.1, -0.05) is 12.1 Å². The predicted molar refractivity (Wildman–Crippen MR) is 151 cm³/mol. The highest BCUT2D eigenvalue weighted by Gasteiger charge is 2.11. The van der Waals surface area contributed by atoms with E-state index in [-0.39, 0.29) is 12.4 Å². The molecule has 1 aromatic heterocycles. The normalized spacial score (nSPS) is 11.3. The number of azo groups is 1. The number of aliphatic hydroxyl groups excluding tert-OH is 1. The molecule has 0 saturated heterocycles. The van der Waals surface area contributed by atoms with Crippen LogP contribution < -0.4 is 16.0 Å². The number of aromatic nitrogens is 3. The van der Waals surface area contributed by atoms with E-state index in [9.17, 15) is 13.5 Å². The van der Waals surface area contributed by atoms with E-state index < -0.39 is 10.1 Å². The minimum absolute atomic E-state index is 0.00366. The van der Waals surface area contributed by atoms with Gasteiger partial charge in [0.15, 0.2) is 0 Å². The Morgan fingerprint density at radius 1 is 1.03 bits per heavy atom. The zero-order valence-corrected chi connectivity index (χ0v) is 22.7. The Balaban J connectivity index is 0.000000771. The van der Waals surface area contributed by atoms with Gasteiger partial charge in [-0.25, -0.2) is 0 Å². The molecule has 0 aliphatic heterocycles. The lowest BCUT2D eigenvalue weighted by Gasteiger charge is -2.16. The fraction of sp³-hybridized carbons (Fsp3) is 0.240. The van der Waals surface area contributed by atoms with Gasteiger partial charge in [-0.05, 0) is 61.2 Å². The number of aliphatic hydroxyl groups is 1. The van der Waals surface area contributed by atoms with E-state index in [0.717, 1.165) is 16.6 Å². The zero-order valence-electron chi connectivity index (χ0n) is 21.9. The second kappa shape index (κ2) is 12.4. The summed E-state index contributed by atoms with van der Waals surface area (Å²) in [4.78, 5) is 14.8. The van der Waals surface area contributed by atoms with Gasteiger partial charge in [0.05, 0.1) is 29.6 Å². The summed E-state index contributed by atoms with van der Waals surface area (Å²) in [5.41, 5.74) is 9.30. The van der Waals surface area contributed by atoms with Gasteiger partial charge >= 0.3 is 0 Å².